The second-order valence-corrected chi connectivity index (χ2v) is 5.63. The second-order valence-electron chi connectivity index (χ2n) is 4.72. The molecule has 104 valence electrons. The minimum absolute atomic E-state index is 0.250. The molecule has 1 saturated heterocycles. The van der Waals surface area contributed by atoms with E-state index in [0.717, 1.165) is 32.5 Å². The summed E-state index contributed by atoms with van der Waals surface area (Å²) in [5, 5.41) is 9.25. The highest BCUT2D eigenvalue weighted by Gasteiger charge is 2.23. The van der Waals surface area contributed by atoms with E-state index in [1.54, 1.807) is 19.4 Å². The maximum atomic E-state index is 11.3. The van der Waals surface area contributed by atoms with Crippen molar-refractivity contribution < 1.29 is 14.6 Å². The SMILES string of the molecule is COCC1CCN(c2ncc(Br)cc2C(=O)O)CC1. The molecule has 2 heterocycles. The molecule has 0 atom stereocenters. The fourth-order valence-corrected chi connectivity index (χ4v) is 2.72. The Morgan fingerprint density at radius 1 is 1.58 bits per heavy atom. The van der Waals surface area contributed by atoms with Gasteiger partial charge in [-0.05, 0) is 40.8 Å². The van der Waals surface area contributed by atoms with Crippen LogP contribution in [0.2, 0.25) is 0 Å². The van der Waals surface area contributed by atoms with Crippen LogP contribution in [0, 0.1) is 5.92 Å². The number of piperidine rings is 1. The number of nitrogens with zero attached hydrogens (tertiary/aromatic N) is 2. The first kappa shape index (κ1) is 14.3. The van der Waals surface area contributed by atoms with Crippen molar-refractivity contribution in [1.29, 1.82) is 0 Å². The molecule has 1 aromatic rings. The molecule has 1 N–H and O–H groups in total. The van der Waals surface area contributed by atoms with Crippen molar-refractivity contribution in [2.75, 3.05) is 31.7 Å². The van der Waals surface area contributed by atoms with Crippen LogP contribution in [0.25, 0.3) is 0 Å². The van der Waals surface area contributed by atoms with E-state index >= 15 is 0 Å². The highest BCUT2D eigenvalue weighted by molar-refractivity contribution is 9.10. The standard InChI is InChI=1S/C13H17BrN2O3/c1-19-8-9-2-4-16(5-3-9)12-11(13(17)18)6-10(14)7-15-12/h6-7,9H,2-5,8H2,1H3,(H,17,18). The van der Waals surface area contributed by atoms with Crippen molar-refractivity contribution >= 4 is 27.7 Å². The number of rotatable bonds is 4. The predicted molar refractivity (Wildman–Crippen MR) is 75.7 cm³/mol. The lowest BCUT2D eigenvalue weighted by Gasteiger charge is -2.33. The van der Waals surface area contributed by atoms with Gasteiger partial charge in [0.05, 0.1) is 0 Å². The minimum atomic E-state index is -0.942. The topological polar surface area (TPSA) is 62.7 Å². The van der Waals surface area contributed by atoms with Gasteiger partial charge in [0.1, 0.15) is 11.4 Å². The van der Waals surface area contributed by atoms with Gasteiger partial charge in [-0.2, -0.15) is 0 Å². The van der Waals surface area contributed by atoms with Gasteiger partial charge in [-0.1, -0.05) is 0 Å². The number of aromatic carboxylic acids is 1. The molecule has 0 aliphatic carbocycles. The molecule has 0 spiro atoms. The summed E-state index contributed by atoms with van der Waals surface area (Å²) in [6.45, 7) is 2.42. The molecule has 6 heteroatoms. The van der Waals surface area contributed by atoms with Crippen LogP contribution in [-0.4, -0.2) is 42.9 Å². The number of aromatic nitrogens is 1. The minimum Gasteiger partial charge on any atom is -0.478 e. The van der Waals surface area contributed by atoms with Gasteiger partial charge in [0, 0.05) is 37.5 Å². The number of carboxylic acid groups (broad SMARTS) is 1. The molecule has 1 aromatic heterocycles. The Labute approximate surface area is 120 Å². The van der Waals surface area contributed by atoms with E-state index < -0.39 is 5.97 Å². The lowest BCUT2D eigenvalue weighted by atomic mass is 9.97. The van der Waals surface area contributed by atoms with Crippen LogP contribution in [0.3, 0.4) is 0 Å². The molecular formula is C13H17BrN2O3. The van der Waals surface area contributed by atoms with Gasteiger partial charge in [-0.25, -0.2) is 9.78 Å². The number of halogens is 1. The van der Waals surface area contributed by atoms with Gasteiger partial charge in [0.2, 0.25) is 0 Å². The Bertz CT molecular complexity index is 459. The van der Waals surface area contributed by atoms with Crippen molar-refractivity contribution in [1.82, 2.24) is 4.98 Å². The van der Waals surface area contributed by atoms with Crippen LogP contribution >= 0.6 is 15.9 Å². The quantitative estimate of drug-likeness (QED) is 0.919. The Morgan fingerprint density at radius 3 is 2.84 bits per heavy atom. The van der Waals surface area contributed by atoms with E-state index in [-0.39, 0.29) is 5.56 Å². The number of methoxy groups -OCH3 is 1. The zero-order valence-corrected chi connectivity index (χ0v) is 12.4. The molecule has 1 fully saturated rings. The Morgan fingerprint density at radius 2 is 2.26 bits per heavy atom. The van der Waals surface area contributed by atoms with E-state index in [4.69, 9.17) is 4.74 Å². The molecular weight excluding hydrogens is 312 g/mol. The Balaban J connectivity index is 2.13. The predicted octanol–water partition coefficient (Wildman–Crippen LogP) is 2.41. The summed E-state index contributed by atoms with van der Waals surface area (Å²) >= 11 is 3.26. The van der Waals surface area contributed by atoms with Crippen molar-refractivity contribution in [3.63, 3.8) is 0 Å². The number of carbonyl (C=O) groups is 1. The molecule has 0 bridgehead atoms. The van der Waals surface area contributed by atoms with Gasteiger partial charge in [-0.3, -0.25) is 0 Å². The third kappa shape index (κ3) is 3.45. The van der Waals surface area contributed by atoms with Crippen LogP contribution in [0.5, 0.6) is 0 Å². The molecule has 0 radical (unpaired) electrons. The van der Waals surface area contributed by atoms with Crippen molar-refractivity contribution in [2.45, 2.75) is 12.8 Å². The zero-order valence-electron chi connectivity index (χ0n) is 10.8. The number of hydrogen-bond donors (Lipinski definition) is 1. The molecule has 0 aromatic carbocycles. The molecule has 0 saturated carbocycles. The number of ether oxygens (including phenoxy) is 1. The number of hydrogen-bond acceptors (Lipinski definition) is 4. The third-order valence-corrected chi connectivity index (χ3v) is 3.81. The fourth-order valence-electron chi connectivity index (χ4n) is 2.39. The number of pyridine rings is 1. The summed E-state index contributed by atoms with van der Waals surface area (Å²) in [6.07, 6.45) is 3.65. The summed E-state index contributed by atoms with van der Waals surface area (Å²) in [5.41, 5.74) is 0.250. The van der Waals surface area contributed by atoms with E-state index in [2.05, 4.69) is 20.9 Å². The zero-order chi connectivity index (χ0) is 13.8. The van der Waals surface area contributed by atoms with E-state index in [1.165, 1.54) is 0 Å². The summed E-state index contributed by atoms with van der Waals surface area (Å²) in [6, 6.07) is 1.60. The molecule has 2 rings (SSSR count). The van der Waals surface area contributed by atoms with E-state index in [9.17, 15) is 9.90 Å². The summed E-state index contributed by atoms with van der Waals surface area (Å²) < 4.78 is 5.85. The third-order valence-electron chi connectivity index (χ3n) is 3.38. The average molecular weight is 329 g/mol. The molecule has 19 heavy (non-hydrogen) atoms. The summed E-state index contributed by atoms with van der Waals surface area (Å²) in [5.74, 6) is 0.180. The van der Waals surface area contributed by atoms with Crippen molar-refractivity contribution in [2.24, 2.45) is 5.92 Å². The smallest absolute Gasteiger partial charge is 0.339 e. The molecule has 5 nitrogen and oxygen atoms in total. The number of carboxylic acids is 1. The highest BCUT2D eigenvalue weighted by Crippen LogP contribution is 2.26. The highest BCUT2D eigenvalue weighted by atomic mass is 79.9. The summed E-state index contributed by atoms with van der Waals surface area (Å²) in [7, 11) is 1.71. The van der Waals surface area contributed by atoms with E-state index in [0.29, 0.717) is 16.2 Å². The van der Waals surface area contributed by atoms with Crippen LogP contribution in [0.15, 0.2) is 16.7 Å². The monoisotopic (exact) mass is 328 g/mol. The Hall–Kier alpha value is -1.14. The van der Waals surface area contributed by atoms with Gasteiger partial charge in [-0.15, -0.1) is 0 Å². The molecule has 0 amide bonds. The lowest BCUT2D eigenvalue weighted by molar-refractivity contribution is 0.0696. The molecule has 0 unspecified atom stereocenters. The van der Waals surface area contributed by atoms with Crippen molar-refractivity contribution in [3.8, 4) is 0 Å². The largest absolute Gasteiger partial charge is 0.478 e. The normalized spacial score (nSPS) is 16.6. The summed E-state index contributed by atoms with van der Waals surface area (Å²) in [4.78, 5) is 17.6. The van der Waals surface area contributed by atoms with Crippen molar-refractivity contribution in [3.05, 3.63) is 22.3 Å². The molecule has 1 aliphatic heterocycles. The first-order chi connectivity index (χ1) is 9.11. The van der Waals surface area contributed by atoms with Gasteiger partial charge < -0.3 is 14.7 Å². The molecule has 1 aliphatic rings. The van der Waals surface area contributed by atoms with Gasteiger partial charge in [0.15, 0.2) is 0 Å². The Kier molecular flexibility index (Phi) is 4.76. The average Bonchev–Trinajstić information content (AvgIpc) is 2.40. The number of anilines is 1. The lowest BCUT2D eigenvalue weighted by Crippen LogP contribution is -2.36. The first-order valence-corrected chi connectivity index (χ1v) is 7.04. The van der Waals surface area contributed by atoms with Crippen LogP contribution in [0.4, 0.5) is 5.82 Å². The maximum Gasteiger partial charge on any atom is 0.339 e. The first-order valence-electron chi connectivity index (χ1n) is 6.24. The maximum absolute atomic E-state index is 11.3. The fraction of sp³-hybridized carbons (Fsp3) is 0.538. The van der Waals surface area contributed by atoms with Gasteiger partial charge in [0.25, 0.3) is 0 Å². The van der Waals surface area contributed by atoms with Gasteiger partial charge >= 0.3 is 5.97 Å². The van der Waals surface area contributed by atoms with Crippen LogP contribution in [0.1, 0.15) is 23.2 Å². The second kappa shape index (κ2) is 6.34. The van der Waals surface area contributed by atoms with Crippen LogP contribution in [-0.2, 0) is 4.74 Å². The van der Waals surface area contributed by atoms with Crippen LogP contribution < -0.4 is 4.90 Å². The van der Waals surface area contributed by atoms with E-state index in [1.807, 2.05) is 4.90 Å².